The summed E-state index contributed by atoms with van der Waals surface area (Å²) in [5.41, 5.74) is 8.19. The van der Waals surface area contributed by atoms with E-state index in [2.05, 4.69) is 11.5 Å². The van der Waals surface area contributed by atoms with E-state index < -0.39 is 6.09 Å². The molecule has 0 aromatic carbocycles. The lowest BCUT2D eigenvalue weighted by Crippen LogP contribution is -2.03. The Bertz CT molecular complexity index is 58.0. The predicted molar refractivity (Wildman–Crippen MR) is 22.5 cm³/mol. The van der Waals surface area contributed by atoms with Gasteiger partial charge >= 0.3 is 6.09 Å². The van der Waals surface area contributed by atoms with Crippen LogP contribution in [0.2, 0.25) is 0 Å². The van der Waals surface area contributed by atoms with Crippen LogP contribution in [0.1, 0.15) is 0 Å². The Kier molecular flexibility index (Phi) is 11.6. The van der Waals surface area contributed by atoms with E-state index >= 15 is 0 Å². The third-order valence-electron chi connectivity index (χ3n) is 0. The van der Waals surface area contributed by atoms with Gasteiger partial charge in [-0.25, -0.2) is 4.79 Å². The van der Waals surface area contributed by atoms with Gasteiger partial charge in [0.25, 0.3) is 0 Å². The van der Waals surface area contributed by atoms with E-state index in [-0.39, 0.29) is 6.41 Å². The van der Waals surface area contributed by atoms with Crippen LogP contribution in [-0.4, -0.2) is 17.6 Å². The van der Waals surface area contributed by atoms with Crippen molar-refractivity contribution in [2.75, 3.05) is 0 Å². The van der Waals surface area contributed by atoms with Gasteiger partial charge in [0.15, 0.2) is 0 Å². The minimum atomic E-state index is -1.33. The van der Waals surface area contributed by atoms with Crippen molar-refractivity contribution in [2.45, 2.75) is 0 Å². The van der Waals surface area contributed by atoms with Crippen molar-refractivity contribution in [3.63, 3.8) is 0 Å². The molecule has 0 saturated heterocycles. The second-order valence-corrected chi connectivity index (χ2v) is 0.474. The molecule has 0 rings (SSSR count). The normalized spacial score (nSPS) is 5.14. The number of carboxylic acid groups (broad SMARTS) is 1. The van der Waals surface area contributed by atoms with Crippen molar-refractivity contribution in [3.8, 4) is 0 Å². The second-order valence-electron chi connectivity index (χ2n) is 0.474. The summed E-state index contributed by atoms with van der Waals surface area (Å²) in [6.45, 7) is 0. The van der Waals surface area contributed by atoms with Crippen molar-refractivity contribution in [3.05, 3.63) is 0 Å². The molecule has 0 aromatic heterocycles. The fraction of sp³-hybridized carbons (Fsp3) is 0. The third kappa shape index (κ3) is 22.4. The summed E-state index contributed by atoms with van der Waals surface area (Å²) in [5, 5.41) is 7.19. The number of primary amides is 2. The van der Waals surface area contributed by atoms with Gasteiger partial charge in [0, 0.05) is 0 Å². The van der Waals surface area contributed by atoms with Gasteiger partial charge in [0.05, 0.1) is 0 Å². The van der Waals surface area contributed by atoms with E-state index in [0.717, 1.165) is 0 Å². The molecule has 0 aromatic rings. The minimum Gasteiger partial charge on any atom is -0.465 e. The van der Waals surface area contributed by atoms with E-state index in [1.54, 1.807) is 0 Å². The molecule has 42 valence electrons. The van der Waals surface area contributed by atoms with E-state index in [1.807, 2.05) is 0 Å². The Morgan fingerprint density at radius 2 is 1.71 bits per heavy atom. The molecule has 0 bridgehead atoms. The van der Waals surface area contributed by atoms with E-state index in [1.165, 1.54) is 0 Å². The molecule has 0 spiro atoms. The van der Waals surface area contributed by atoms with Gasteiger partial charge in [-0.15, -0.1) is 0 Å². The predicted octanol–water partition coefficient (Wildman–Crippen LogP) is -1.28. The number of amides is 2. The molecular weight excluding hydrogens is 100 g/mol. The van der Waals surface area contributed by atoms with E-state index in [9.17, 15) is 0 Å². The Labute approximate surface area is 39.9 Å². The summed E-state index contributed by atoms with van der Waals surface area (Å²) < 4.78 is 0. The number of carbonyl (C=O) groups excluding carboxylic acids is 1. The van der Waals surface area contributed by atoms with Gasteiger partial charge in [0.2, 0.25) is 6.41 Å². The Balaban J connectivity index is 0. The van der Waals surface area contributed by atoms with Crippen LogP contribution in [0.15, 0.2) is 0 Å². The molecule has 5 nitrogen and oxygen atoms in total. The first-order chi connectivity index (χ1) is 3.15. The number of hydrogen-bond acceptors (Lipinski definition) is 2. The van der Waals surface area contributed by atoms with Crippen LogP contribution >= 0.6 is 0 Å². The first kappa shape index (κ1) is 9.22. The molecule has 0 heterocycles. The largest absolute Gasteiger partial charge is 0.465 e. The molecule has 5 N–H and O–H groups in total. The average Bonchev–Trinajstić information content (AvgIpc) is 1.33. The van der Waals surface area contributed by atoms with Gasteiger partial charge in [-0.3, -0.25) is 4.79 Å². The SMILES string of the molecule is NC(=O)O.NC=O. The Morgan fingerprint density at radius 3 is 1.71 bits per heavy atom. The van der Waals surface area contributed by atoms with Crippen LogP contribution in [0, 0.1) is 0 Å². The van der Waals surface area contributed by atoms with Crippen LogP contribution in [-0.2, 0) is 4.79 Å². The van der Waals surface area contributed by atoms with Crippen LogP contribution in [0.4, 0.5) is 4.79 Å². The molecule has 7 heavy (non-hydrogen) atoms. The topological polar surface area (TPSA) is 106 Å². The highest BCUT2D eigenvalue weighted by Crippen LogP contribution is 1.34. The monoisotopic (exact) mass is 106 g/mol. The average molecular weight is 106 g/mol. The van der Waals surface area contributed by atoms with Crippen molar-refractivity contribution in [1.82, 2.24) is 0 Å². The molecule has 0 aliphatic rings. The first-order valence-electron chi connectivity index (χ1n) is 1.29. The number of nitrogens with two attached hydrogens (primary N) is 2. The van der Waals surface area contributed by atoms with Gasteiger partial charge < -0.3 is 16.6 Å². The molecule has 0 atom stereocenters. The van der Waals surface area contributed by atoms with Crippen LogP contribution in [0.3, 0.4) is 0 Å². The van der Waals surface area contributed by atoms with Gasteiger partial charge in [-0.1, -0.05) is 0 Å². The lowest BCUT2D eigenvalue weighted by atomic mass is 11.3. The smallest absolute Gasteiger partial charge is 0.402 e. The molecule has 0 radical (unpaired) electrons. The fourth-order valence-electron chi connectivity index (χ4n) is 0. The van der Waals surface area contributed by atoms with Crippen molar-refractivity contribution < 1.29 is 14.7 Å². The third-order valence-corrected chi connectivity index (χ3v) is 0. The summed E-state index contributed by atoms with van der Waals surface area (Å²) in [5.74, 6) is 0. The Hall–Kier alpha value is -1.26. The number of carbonyl (C=O) groups is 2. The summed E-state index contributed by atoms with van der Waals surface area (Å²) >= 11 is 0. The molecule has 5 heteroatoms. The second kappa shape index (κ2) is 8.83. The maximum absolute atomic E-state index is 8.78. The fourth-order valence-corrected chi connectivity index (χ4v) is 0. The molecule has 0 unspecified atom stereocenters. The maximum atomic E-state index is 8.78. The van der Waals surface area contributed by atoms with Crippen LogP contribution < -0.4 is 11.5 Å². The zero-order valence-electron chi connectivity index (χ0n) is 3.50. The quantitative estimate of drug-likeness (QED) is 0.335. The zero-order valence-corrected chi connectivity index (χ0v) is 3.50. The van der Waals surface area contributed by atoms with Crippen molar-refractivity contribution >= 4 is 12.5 Å². The Morgan fingerprint density at radius 1 is 1.71 bits per heavy atom. The summed E-state index contributed by atoms with van der Waals surface area (Å²) in [7, 11) is 0. The van der Waals surface area contributed by atoms with Gasteiger partial charge in [-0.05, 0) is 0 Å². The standard InChI is InChI=1S/CH3NO2.CH3NO/c2-1(3)4;2-1-3/h2H2,(H,3,4);1H,(H2,2,3). The molecule has 0 aliphatic carbocycles. The van der Waals surface area contributed by atoms with E-state index in [0.29, 0.717) is 0 Å². The number of hydrogen-bond donors (Lipinski definition) is 3. The van der Waals surface area contributed by atoms with Crippen LogP contribution in [0.25, 0.3) is 0 Å². The summed E-state index contributed by atoms with van der Waals surface area (Å²) in [6, 6.07) is 0. The molecule has 0 saturated carbocycles. The molecule has 2 amide bonds. The number of rotatable bonds is 0. The van der Waals surface area contributed by atoms with Crippen LogP contribution in [0.5, 0.6) is 0 Å². The maximum Gasteiger partial charge on any atom is 0.402 e. The zero-order chi connectivity index (χ0) is 6.28. The lowest BCUT2D eigenvalue weighted by molar-refractivity contribution is -0.106. The molecular formula is C2H6N2O3. The van der Waals surface area contributed by atoms with Crippen molar-refractivity contribution in [1.29, 1.82) is 0 Å². The lowest BCUT2D eigenvalue weighted by Gasteiger charge is -1.61. The highest BCUT2D eigenvalue weighted by molar-refractivity contribution is 5.61. The van der Waals surface area contributed by atoms with Gasteiger partial charge in [-0.2, -0.15) is 0 Å². The highest BCUT2D eigenvalue weighted by atomic mass is 16.4. The molecule has 0 aliphatic heterocycles. The van der Waals surface area contributed by atoms with E-state index in [4.69, 9.17) is 14.7 Å². The van der Waals surface area contributed by atoms with Crippen molar-refractivity contribution in [2.24, 2.45) is 11.5 Å². The molecule has 0 fully saturated rings. The summed E-state index contributed by atoms with van der Waals surface area (Å²) in [4.78, 5) is 17.4. The summed E-state index contributed by atoms with van der Waals surface area (Å²) in [6.07, 6.45) is -1.08. The van der Waals surface area contributed by atoms with Gasteiger partial charge in [0.1, 0.15) is 0 Å². The first-order valence-corrected chi connectivity index (χ1v) is 1.29. The highest BCUT2D eigenvalue weighted by Gasteiger charge is 1.65. The minimum absolute atomic E-state index is 0.250.